The van der Waals surface area contributed by atoms with Crippen molar-refractivity contribution >= 4 is 17.4 Å². The van der Waals surface area contributed by atoms with Gasteiger partial charge in [0.15, 0.2) is 0 Å². The molecule has 2 aromatic rings. The van der Waals surface area contributed by atoms with Crippen LogP contribution in [0.15, 0.2) is 48.5 Å². The number of rotatable bonds is 4. The molecule has 2 aromatic carbocycles. The summed E-state index contributed by atoms with van der Waals surface area (Å²) in [5.74, 6) is -0.615. The van der Waals surface area contributed by atoms with E-state index >= 15 is 0 Å². The molecule has 2 aliphatic rings. The number of carbonyl (C=O) groups excluding carboxylic acids is 2. The minimum atomic E-state index is -4.46. The second-order valence-corrected chi connectivity index (χ2v) is 6.75. The Bertz CT molecular complexity index is 888. The van der Waals surface area contributed by atoms with Gasteiger partial charge in [-0.3, -0.25) is 14.5 Å². The zero-order valence-electron chi connectivity index (χ0n) is 14.2. The topological polar surface area (TPSA) is 46.6 Å². The molecular formula is C20H16F3NO3. The highest BCUT2D eigenvalue weighted by Crippen LogP contribution is 2.38. The van der Waals surface area contributed by atoms with E-state index in [1.165, 1.54) is 17.0 Å². The number of amides is 1. The molecule has 1 saturated carbocycles. The van der Waals surface area contributed by atoms with Crippen molar-refractivity contribution < 1.29 is 27.5 Å². The van der Waals surface area contributed by atoms with Crippen LogP contribution in [-0.2, 0) is 15.8 Å². The molecule has 0 bridgehead atoms. The molecule has 1 aliphatic carbocycles. The van der Waals surface area contributed by atoms with E-state index in [4.69, 9.17) is 4.74 Å². The number of nitrogens with zero attached hydrogens (tertiary/aromatic N) is 1. The van der Waals surface area contributed by atoms with Crippen LogP contribution < -0.4 is 9.64 Å². The zero-order chi connectivity index (χ0) is 19.2. The number of hydrogen-bond acceptors (Lipinski definition) is 3. The van der Waals surface area contributed by atoms with Crippen molar-refractivity contribution in [2.75, 3.05) is 4.90 Å². The molecule has 0 spiro atoms. The summed E-state index contributed by atoms with van der Waals surface area (Å²) in [7, 11) is 0. The summed E-state index contributed by atoms with van der Waals surface area (Å²) in [5.41, 5.74) is 0.171. The van der Waals surface area contributed by atoms with Gasteiger partial charge < -0.3 is 4.74 Å². The number of halogens is 3. The maximum absolute atomic E-state index is 12.8. The van der Waals surface area contributed by atoms with Gasteiger partial charge in [0.05, 0.1) is 17.7 Å². The van der Waals surface area contributed by atoms with Gasteiger partial charge in [0.25, 0.3) is 5.91 Å². The van der Waals surface area contributed by atoms with Crippen molar-refractivity contribution in [1.82, 2.24) is 0 Å². The molecule has 1 saturated heterocycles. The van der Waals surface area contributed by atoms with Gasteiger partial charge in [0.2, 0.25) is 5.78 Å². The summed E-state index contributed by atoms with van der Waals surface area (Å²) < 4.78 is 44.1. The lowest BCUT2D eigenvalue weighted by Gasteiger charge is -2.25. The van der Waals surface area contributed by atoms with Crippen LogP contribution in [0.4, 0.5) is 18.9 Å². The van der Waals surface area contributed by atoms with E-state index in [1.54, 1.807) is 18.2 Å². The fourth-order valence-corrected chi connectivity index (χ4v) is 3.18. The predicted octanol–water partition coefficient (Wildman–Crippen LogP) is 4.29. The highest BCUT2D eigenvalue weighted by molar-refractivity contribution is 6.44. The largest absolute Gasteiger partial charge is 0.490 e. The first kappa shape index (κ1) is 17.6. The smallest absolute Gasteiger partial charge is 0.416 e. The molecule has 140 valence electrons. The summed E-state index contributed by atoms with van der Waals surface area (Å²) in [6, 6.07) is 10.9. The molecule has 0 N–H and O–H groups in total. The van der Waals surface area contributed by atoms with Crippen LogP contribution in [0.2, 0.25) is 0 Å². The molecular weight excluding hydrogens is 359 g/mol. The van der Waals surface area contributed by atoms with Crippen LogP contribution in [0, 0.1) is 0 Å². The number of Topliss-reactive ketones (excluding diaryl/α,β-unsaturated/α-hetero) is 1. The Morgan fingerprint density at radius 2 is 1.70 bits per heavy atom. The molecule has 4 nitrogen and oxygen atoms in total. The molecule has 2 fully saturated rings. The molecule has 1 atom stereocenters. The maximum Gasteiger partial charge on any atom is 0.416 e. The van der Waals surface area contributed by atoms with E-state index in [0.717, 1.165) is 25.0 Å². The Labute approximate surface area is 153 Å². The van der Waals surface area contributed by atoms with Crippen LogP contribution in [0.1, 0.15) is 36.4 Å². The van der Waals surface area contributed by atoms with E-state index in [0.29, 0.717) is 11.3 Å². The number of anilines is 1. The van der Waals surface area contributed by atoms with Gasteiger partial charge in [-0.1, -0.05) is 12.1 Å². The second kappa shape index (κ2) is 6.40. The van der Waals surface area contributed by atoms with E-state index in [2.05, 4.69) is 0 Å². The molecule has 1 unspecified atom stereocenters. The summed E-state index contributed by atoms with van der Waals surface area (Å²) in [5, 5.41) is 0. The Morgan fingerprint density at radius 3 is 2.33 bits per heavy atom. The third kappa shape index (κ3) is 3.54. The zero-order valence-corrected chi connectivity index (χ0v) is 14.2. The van der Waals surface area contributed by atoms with Gasteiger partial charge in [-0.05, 0) is 54.8 Å². The normalized spacial score (nSPS) is 20.3. The first-order chi connectivity index (χ1) is 12.8. The van der Waals surface area contributed by atoms with Gasteiger partial charge in [0.1, 0.15) is 5.75 Å². The maximum atomic E-state index is 12.8. The minimum absolute atomic E-state index is 0.0211. The van der Waals surface area contributed by atoms with Gasteiger partial charge in [-0.2, -0.15) is 13.2 Å². The van der Waals surface area contributed by atoms with Crippen molar-refractivity contribution in [3.63, 3.8) is 0 Å². The minimum Gasteiger partial charge on any atom is -0.490 e. The van der Waals surface area contributed by atoms with Crippen molar-refractivity contribution in [2.45, 2.75) is 37.6 Å². The van der Waals surface area contributed by atoms with Crippen LogP contribution in [0.3, 0.4) is 0 Å². The second-order valence-electron chi connectivity index (χ2n) is 6.75. The van der Waals surface area contributed by atoms with E-state index in [-0.39, 0.29) is 18.2 Å². The fourth-order valence-electron chi connectivity index (χ4n) is 3.18. The Balaban J connectivity index is 1.65. The fraction of sp³-hybridized carbons (Fsp3) is 0.300. The molecule has 1 amide bonds. The number of ketones is 1. The van der Waals surface area contributed by atoms with Crippen LogP contribution in [0.5, 0.6) is 5.75 Å². The number of alkyl halides is 3. The third-order valence-electron chi connectivity index (χ3n) is 4.69. The molecule has 0 radical (unpaired) electrons. The summed E-state index contributed by atoms with van der Waals surface area (Å²) >= 11 is 0. The van der Waals surface area contributed by atoms with Crippen molar-refractivity contribution in [3.05, 3.63) is 59.7 Å². The highest BCUT2D eigenvalue weighted by atomic mass is 19.4. The van der Waals surface area contributed by atoms with E-state index in [1.807, 2.05) is 6.07 Å². The SMILES string of the molecule is O=C1CC(c2cccc(OC3CC3)c2)N(c2ccc(C(F)(F)F)cc2)C1=O. The summed E-state index contributed by atoms with van der Waals surface area (Å²) in [4.78, 5) is 25.7. The monoisotopic (exact) mass is 375 g/mol. The standard InChI is InChI=1S/C20H16F3NO3/c21-20(22,23)13-4-6-14(7-5-13)24-17(11-18(25)19(24)26)12-2-1-3-16(10-12)27-15-8-9-15/h1-7,10,15,17H,8-9,11H2. The lowest BCUT2D eigenvalue weighted by atomic mass is 10.0. The number of benzene rings is 2. The van der Waals surface area contributed by atoms with Crippen molar-refractivity contribution in [1.29, 1.82) is 0 Å². The molecule has 4 rings (SSSR count). The lowest BCUT2D eigenvalue weighted by molar-refractivity contribution is -0.137. The van der Waals surface area contributed by atoms with E-state index < -0.39 is 29.5 Å². The highest BCUT2D eigenvalue weighted by Gasteiger charge is 2.40. The van der Waals surface area contributed by atoms with Gasteiger partial charge in [0, 0.05) is 12.1 Å². The Hall–Kier alpha value is -2.83. The van der Waals surface area contributed by atoms with Crippen LogP contribution >= 0.6 is 0 Å². The van der Waals surface area contributed by atoms with Gasteiger partial charge >= 0.3 is 6.18 Å². The first-order valence-corrected chi connectivity index (χ1v) is 8.63. The third-order valence-corrected chi connectivity index (χ3v) is 4.69. The quantitative estimate of drug-likeness (QED) is 0.749. The molecule has 1 heterocycles. The van der Waals surface area contributed by atoms with Crippen molar-refractivity contribution in [2.24, 2.45) is 0 Å². The summed E-state index contributed by atoms with van der Waals surface area (Å²) in [6.45, 7) is 0. The molecule has 1 aliphatic heterocycles. The number of carbonyl (C=O) groups is 2. The predicted molar refractivity (Wildman–Crippen MR) is 91.4 cm³/mol. The Kier molecular flexibility index (Phi) is 4.17. The average molecular weight is 375 g/mol. The van der Waals surface area contributed by atoms with Crippen LogP contribution in [0.25, 0.3) is 0 Å². The molecule has 0 aromatic heterocycles. The lowest BCUT2D eigenvalue weighted by Crippen LogP contribution is -2.29. The number of ether oxygens (including phenoxy) is 1. The van der Waals surface area contributed by atoms with Crippen molar-refractivity contribution in [3.8, 4) is 5.75 Å². The Morgan fingerprint density at radius 1 is 1.00 bits per heavy atom. The first-order valence-electron chi connectivity index (χ1n) is 8.63. The number of hydrogen-bond donors (Lipinski definition) is 0. The van der Waals surface area contributed by atoms with Gasteiger partial charge in [-0.15, -0.1) is 0 Å². The van der Waals surface area contributed by atoms with E-state index in [9.17, 15) is 22.8 Å². The average Bonchev–Trinajstić information content (AvgIpc) is 3.39. The van der Waals surface area contributed by atoms with Crippen LogP contribution in [-0.4, -0.2) is 17.8 Å². The summed E-state index contributed by atoms with van der Waals surface area (Å²) in [6.07, 6.45) is -2.27. The molecule has 27 heavy (non-hydrogen) atoms. The molecule has 7 heteroatoms. The van der Waals surface area contributed by atoms with Gasteiger partial charge in [-0.25, -0.2) is 0 Å².